The standard InChI is InChI=1S/C15H21N3O/c1-5-6-12-17-15(18-19-12)14(16)13-10(3)7-9(2)8-11(13)4/h7-8,14H,5-6,16H2,1-4H3. The number of aromatic nitrogens is 2. The summed E-state index contributed by atoms with van der Waals surface area (Å²) < 4.78 is 5.21. The van der Waals surface area contributed by atoms with Gasteiger partial charge in [-0.1, -0.05) is 29.8 Å². The molecule has 4 heteroatoms. The van der Waals surface area contributed by atoms with Crippen molar-refractivity contribution in [1.29, 1.82) is 0 Å². The monoisotopic (exact) mass is 259 g/mol. The quantitative estimate of drug-likeness (QED) is 0.916. The van der Waals surface area contributed by atoms with Crippen LogP contribution in [0.3, 0.4) is 0 Å². The molecule has 0 aliphatic rings. The predicted molar refractivity (Wildman–Crippen MR) is 75.0 cm³/mol. The van der Waals surface area contributed by atoms with E-state index in [1.165, 1.54) is 16.7 Å². The molecule has 102 valence electrons. The molecule has 19 heavy (non-hydrogen) atoms. The van der Waals surface area contributed by atoms with Gasteiger partial charge in [-0.15, -0.1) is 0 Å². The number of nitrogens with zero attached hydrogens (tertiary/aromatic N) is 2. The average molecular weight is 259 g/mol. The van der Waals surface area contributed by atoms with Gasteiger partial charge in [0.25, 0.3) is 0 Å². The molecule has 4 nitrogen and oxygen atoms in total. The second kappa shape index (κ2) is 5.53. The van der Waals surface area contributed by atoms with Crippen molar-refractivity contribution in [3.8, 4) is 0 Å². The molecular weight excluding hydrogens is 238 g/mol. The molecule has 0 spiro atoms. The van der Waals surface area contributed by atoms with Crippen molar-refractivity contribution >= 4 is 0 Å². The van der Waals surface area contributed by atoms with Gasteiger partial charge < -0.3 is 10.3 Å². The number of hydrogen-bond donors (Lipinski definition) is 1. The van der Waals surface area contributed by atoms with Crippen molar-refractivity contribution in [2.75, 3.05) is 0 Å². The Morgan fingerprint density at radius 3 is 2.42 bits per heavy atom. The molecule has 0 fully saturated rings. The first kappa shape index (κ1) is 13.7. The highest BCUT2D eigenvalue weighted by molar-refractivity contribution is 5.41. The summed E-state index contributed by atoms with van der Waals surface area (Å²) >= 11 is 0. The van der Waals surface area contributed by atoms with Gasteiger partial charge in [0, 0.05) is 6.42 Å². The molecule has 2 N–H and O–H groups in total. The molecule has 1 aromatic heterocycles. The summed E-state index contributed by atoms with van der Waals surface area (Å²) in [6.07, 6.45) is 1.78. The third-order valence-electron chi connectivity index (χ3n) is 3.27. The SMILES string of the molecule is CCCc1nc(C(N)c2c(C)cc(C)cc2C)no1. The third-order valence-corrected chi connectivity index (χ3v) is 3.27. The smallest absolute Gasteiger partial charge is 0.226 e. The Bertz CT molecular complexity index is 552. The van der Waals surface area contributed by atoms with Gasteiger partial charge in [0.2, 0.25) is 5.89 Å². The van der Waals surface area contributed by atoms with Crippen LogP contribution >= 0.6 is 0 Å². The fraction of sp³-hybridized carbons (Fsp3) is 0.467. The van der Waals surface area contributed by atoms with E-state index >= 15 is 0 Å². The molecule has 2 rings (SSSR count). The minimum absolute atomic E-state index is 0.324. The van der Waals surface area contributed by atoms with Gasteiger partial charge in [-0.2, -0.15) is 4.98 Å². The Labute approximate surface area is 114 Å². The summed E-state index contributed by atoms with van der Waals surface area (Å²) in [4.78, 5) is 4.38. The van der Waals surface area contributed by atoms with Crippen molar-refractivity contribution in [2.24, 2.45) is 5.73 Å². The highest BCUT2D eigenvalue weighted by Gasteiger charge is 2.19. The summed E-state index contributed by atoms with van der Waals surface area (Å²) in [6, 6.07) is 3.94. The number of aryl methyl sites for hydroxylation is 4. The lowest BCUT2D eigenvalue weighted by Crippen LogP contribution is -2.16. The van der Waals surface area contributed by atoms with E-state index in [9.17, 15) is 0 Å². The van der Waals surface area contributed by atoms with Gasteiger partial charge >= 0.3 is 0 Å². The van der Waals surface area contributed by atoms with Gasteiger partial charge in [-0.05, 0) is 43.9 Å². The molecule has 1 atom stereocenters. The van der Waals surface area contributed by atoms with Crippen LogP contribution < -0.4 is 5.73 Å². The van der Waals surface area contributed by atoms with Gasteiger partial charge in [0.05, 0.1) is 6.04 Å². The zero-order chi connectivity index (χ0) is 14.0. The zero-order valence-corrected chi connectivity index (χ0v) is 12.0. The third kappa shape index (κ3) is 2.84. The van der Waals surface area contributed by atoms with Crippen molar-refractivity contribution < 1.29 is 4.52 Å². The van der Waals surface area contributed by atoms with Gasteiger partial charge in [-0.3, -0.25) is 0 Å². The van der Waals surface area contributed by atoms with Crippen LogP contribution in [0, 0.1) is 20.8 Å². The maximum atomic E-state index is 6.29. The molecule has 0 aliphatic heterocycles. The lowest BCUT2D eigenvalue weighted by molar-refractivity contribution is 0.370. The molecular formula is C15H21N3O. The van der Waals surface area contributed by atoms with Gasteiger partial charge in [-0.25, -0.2) is 0 Å². The van der Waals surface area contributed by atoms with Crippen LogP contribution in [0.15, 0.2) is 16.7 Å². The number of rotatable bonds is 4. The zero-order valence-electron chi connectivity index (χ0n) is 12.0. The van der Waals surface area contributed by atoms with Gasteiger partial charge in [0.1, 0.15) is 0 Å². The average Bonchev–Trinajstić information content (AvgIpc) is 2.76. The molecule has 0 bridgehead atoms. The van der Waals surface area contributed by atoms with E-state index in [-0.39, 0.29) is 6.04 Å². The summed E-state index contributed by atoms with van der Waals surface area (Å²) in [5.41, 5.74) is 11.0. The minimum Gasteiger partial charge on any atom is -0.339 e. The Morgan fingerprint density at radius 2 is 1.84 bits per heavy atom. The van der Waals surface area contributed by atoms with Crippen LogP contribution in [-0.4, -0.2) is 10.1 Å². The van der Waals surface area contributed by atoms with E-state index < -0.39 is 0 Å². The highest BCUT2D eigenvalue weighted by Crippen LogP contribution is 2.25. The lowest BCUT2D eigenvalue weighted by atomic mass is 9.94. The van der Waals surface area contributed by atoms with Crippen LogP contribution in [0.5, 0.6) is 0 Å². The van der Waals surface area contributed by atoms with E-state index in [0.29, 0.717) is 11.7 Å². The van der Waals surface area contributed by atoms with Crippen LogP contribution in [0.1, 0.15) is 53.4 Å². The second-order valence-corrected chi connectivity index (χ2v) is 5.09. The van der Waals surface area contributed by atoms with E-state index in [1.807, 2.05) is 0 Å². The molecule has 0 saturated carbocycles. The van der Waals surface area contributed by atoms with Crippen LogP contribution in [-0.2, 0) is 6.42 Å². The minimum atomic E-state index is -0.324. The van der Waals surface area contributed by atoms with Crippen LogP contribution in [0.4, 0.5) is 0 Å². The topological polar surface area (TPSA) is 64.9 Å². The predicted octanol–water partition coefficient (Wildman–Crippen LogP) is 3.00. The first-order valence-electron chi connectivity index (χ1n) is 6.68. The fourth-order valence-electron chi connectivity index (χ4n) is 2.52. The molecule has 0 amide bonds. The maximum Gasteiger partial charge on any atom is 0.226 e. The molecule has 1 heterocycles. The normalized spacial score (nSPS) is 12.7. The Morgan fingerprint density at radius 1 is 1.21 bits per heavy atom. The fourth-order valence-corrected chi connectivity index (χ4v) is 2.52. The summed E-state index contributed by atoms with van der Waals surface area (Å²) in [5.74, 6) is 1.23. The Hall–Kier alpha value is -1.68. The van der Waals surface area contributed by atoms with Crippen molar-refractivity contribution in [1.82, 2.24) is 10.1 Å². The first-order chi connectivity index (χ1) is 9.02. The van der Waals surface area contributed by atoms with E-state index in [1.54, 1.807) is 0 Å². The largest absolute Gasteiger partial charge is 0.339 e. The molecule has 1 aromatic carbocycles. The molecule has 0 saturated heterocycles. The Balaban J connectivity index is 2.35. The van der Waals surface area contributed by atoms with Crippen molar-refractivity contribution in [3.05, 3.63) is 46.1 Å². The van der Waals surface area contributed by atoms with Gasteiger partial charge in [0.15, 0.2) is 5.82 Å². The molecule has 1 unspecified atom stereocenters. The van der Waals surface area contributed by atoms with E-state index in [4.69, 9.17) is 10.3 Å². The lowest BCUT2D eigenvalue weighted by Gasteiger charge is -2.15. The van der Waals surface area contributed by atoms with Crippen molar-refractivity contribution in [2.45, 2.75) is 46.6 Å². The number of benzene rings is 1. The highest BCUT2D eigenvalue weighted by atomic mass is 16.5. The second-order valence-electron chi connectivity index (χ2n) is 5.09. The van der Waals surface area contributed by atoms with Crippen LogP contribution in [0.25, 0.3) is 0 Å². The first-order valence-corrected chi connectivity index (χ1v) is 6.68. The number of hydrogen-bond acceptors (Lipinski definition) is 4. The summed E-state index contributed by atoms with van der Waals surface area (Å²) in [7, 11) is 0. The Kier molecular flexibility index (Phi) is 4.00. The van der Waals surface area contributed by atoms with Crippen LogP contribution in [0.2, 0.25) is 0 Å². The summed E-state index contributed by atoms with van der Waals surface area (Å²) in [5, 5.41) is 4.00. The van der Waals surface area contributed by atoms with E-state index in [2.05, 4.69) is 50.0 Å². The molecule has 0 aliphatic carbocycles. The maximum absolute atomic E-state index is 6.29. The van der Waals surface area contributed by atoms with Crippen molar-refractivity contribution in [3.63, 3.8) is 0 Å². The number of nitrogens with two attached hydrogens (primary N) is 1. The van der Waals surface area contributed by atoms with E-state index in [0.717, 1.165) is 18.4 Å². The molecule has 2 aromatic rings. The summed E-state index contributed by atoms with van der Waals surface area (Å²) in [6.45, 7) is 8.31. The molecule has 0 radical (unpaired) electrons.